The molecule has 5 rings (SSSR count). The van der Waals surface area contributed by atoms with Crippen LogP contribution in [0.1, 0.15) is 53.1 Å². The third kappa shape index (κ3) is 4.71. The number of anilines is 1. The minimum Gasteiger partial charge on any atom is -0.478 e. The Morgan fingerprint density at radius 1 is 1.17 bits per heavy atom. The Hall–Kier alpha value is -3.89. The van der Waals surface area contributed by atoms with Gasteiger partial charge in [0.1, 0.15) is 0 Å². The number of carboxylic acids is 1. The fraction of sp³-hybridized carbons (Fsp3) is 0.321. The van der Waals surface area contributed by atoms with E-state index in [1.807, 2.05) is 30.3 Å². The van der Waals surface area contributed by atoms with Crippen molar-refractivity contribution in [1.29, 1.82) is 5.26 Å². The Balaban J connectivity index is 1.17. The van der Waals surface area contributed by atoms with Crippen molar-refractivity contribution in [3.8, 4) is 6.07 Å². The van der Waals surface area contributed by atoms with E-state index in [-0.39, 0.29) is 5.56 Å². The van der Waals surface area contributed by atoms with Crippen molar-refractivity contribution in [2.24, 2.45) is 7.05 Å². The van der Waals surface area contributed by atoms with Gasteiger partial charge in [-0.3, -0.25) is 4.98 Å². The predicted octanol–water partition coefficient (Wildman–Crippen LogP) is 5.02. The topological polar surface area (TPSA) is 103 Å². The van der Waals surface area contributed by atoms with Gasteiger partial charge in [-0.1, -0.05) is 6.07 Å². The maximum atomic E-state index is 11.5. The Bertz CT molecular complexity index is 1430. The number of aromatic carboxylic acids is 1. The molecular weight excluding hydrogens is 438 g/mol. The average Bonchev–Trinajstić information content (AvgIpc) is 3.22. The first-order chi connectivity index (χ1) is 17.0. The SMILES string of the molecule is Cn1cc(C2CCC(NCCNc3cc(C(=O)O)cc4cccnc34)CC2)c2cc(C#N)ccc21. The zero-order valence-electron chi connectivity index (χ0n) is 19.8. The molecule has 178 valence electrons. The third-order valence-electron chi connectivity index (χ3n) is 7.14. The number of hydrogen-bond donors (Lipinski definition) is 3. The van der Waals surface area contributed by atoms with Crippen LogP contribution in [0.5, 0.6) is 0 Å². The predicted molar refractivity (Wildman–Crippen MR) is 138 cm³/mol. The quantitative estimate of drug-likeness (QED) is 0.330. The van der Waals surface area contributed by atoms with E-state index in [1.165, 1.54) is 16.5 Å². The molecule has 1 fully saturated rings. The number of carbonyl (C=O) groups is 1. The smallest absolute Gasteiger partial charge is 0.335 e. The summed E-state index contributed by atoms with van der Waals surface area (Å²) < 4.78 is 2.17. The molecule has 7 heteroatoms. The molecule has 0 amide bonds. The van der Waals surface area contributed by atoms with Crippen LogP contribution in [0.2, 0.25) is 0 Å². The van der Waals surface area contributed by atoms with E-state index in [0.29, 0.717) is 24.1 Å². The molecule has 7 nitrogen and oxygen atoms in total. The maximum absolute atomic E-state index is 11.5. The second-order valence-corrected chi connectivity index (χ2v) is 9.37. The first-order valence-electron chi connectivity index (χ1n) is 12.1. The number of rotatable bonds is 7. The summed E-state index contributed by atoms with van der Waals surface area (Å²) in [5.41, 5.74) is 5.04. The molecule has 0 bridgehead atoms. The number of pyridine rings is 1. The molecule has 0 radical (unpaired) electrons. The number of fused-ring (bicyclic) bond motifs is 2. The lowest BCUT2D eigenvalue weighted by molar-refractivity contribution is 0.0697. The van der Waals surface area contributed by atoms with Crippen LogP contribution in [-0.2, 0) is 7.05 Å². The van der Waals surface area contributed by atoms with Crippen molar-refractivity contribution >= 4 is 33.5 Å². The van der Waals surface area contributed by atoms with Crippen LogP contribution in [0.4, 0.5) is 5.69 Å². The van der Waals surface area contributed by atoms with Crippen molar-refractivity contribution in [2.45, 2.75) is 37.6 Å². The second-order valence-electron chi connectivity index (χ2n) is 9.37. The number of aromatic nitrogens is 2. The molecule has 0 saturated heterocycles. The van der Waals surface area contributed by atoms with Crippen LogP contribution in [-0.4, -0.2) is 39.8 Å². The standard InChI is InChI=1S/C28H29N5O2/c1-33-17-24(23-13-18(16-29)4-9-26(23)33)19-5-7-22(8-6-19)30-11-12-31-25-15-21(28(34)35)14-20-3-2-10-32-27(20)25/h2-4,9-10,13-15,17,19,22,30-31H,5-8,11-12H2,1H3,(H,34,35). The zero-order valence-corrected chi connectivity index (χ0v) is 19.8. The first-order valence-corrected chi connectivity index (χ1v) is 12.1. The van der Waals surface area contributed by atoms with Crippen LogP contribution in [0.15, 0.2) is 54.9 Å². The summed E-state index contributed by atoms with van der Waals surface area (Å²) in [6.45, 7) is 1.48. The van der Waals surface area contributed by atoms with Gasteiger partial charge in [0.15, 0.2) is 0 Å². The van der Waals surface area contributed by atoms with Crippen molar-refractivity contribution in [1.82, 2.24) is 14.9 Å². The third-order valence-corrected chi connectivity index (χ3v) is 7.14. The van der Waals surface area contributed by atoms with Gasteiger partial charge in [0.2, 0.25) is 0 Å². The normalized spacial score (nSPS) is 17.9. The number of benzene rings is 2. The zero-order chi connectivity index (χ0) is 24.4. The molecule has 35 heavy (non-hydrogen) atoms. The van der Waals surface area contributed by atoms with Crippen LogP contribution >= 0.6 is 0 Å². The Kier molecular flexibility index (Phi) is 6.39. The molecular formula is C28H29N5O2. The lowest BCUT2D eigenvalue weighted by atomic mass is 9.81. The number of aryl methyl sites for hydroxylation is 1. The molecule has 0 unspecified atom stereocenters. The van der Waals surface area contributed by atoms with E-state index in [1.54, 1.807) is 18.3 Å². The van der Waals surface area contributed by atoms with Crippen molar-refractivity contribution in [3.63, 3.8) is 0 Å². The van der Waals surface area contributed by atoms with E-state index in [0.717, 1.165) is 48.8 Å². The molecule has 1 aliphatic carbocycles. The monoisotopic (exact) mass is 467 g/mol. The fourth-order valence-electron chi connectivity index (χ4n) is 5.35. The number of nitriles is 1. The molecule has 1 aliphatic rings. The minimum atomic E-state index is -0.941. The van der Waals surface area contributed by atoms with E-state index in [9.17, 15) is 15.2 Å². The van der Waals surface area contributed by atoms with Gasteiger partial charge in [0.25, 0.3) is 0 Å². The molecule has 4 aromatic rings. The highest BCUT2D eigenvalue weighted by molar-refractivity contribution is 5.99. The van der Waals surface area contributed by atoms with Gasteiger partial charge in [-0.05, 0) is 73.6 Å². The molecule has 0 atom stereocenters. The van der Waals surface area contributed by atoms with Crippen molar-refractivity contribution in [3.05, 3.63) is 71.5 Å². The van der Waals surface area contributed by atoms with E-state index >= 15 is 0 Å². The molecule has 2 aromatic carbocycles. The summed E-state index contributed by atoms with van der Waals surface area (Å²) in [6.07, 6.45) is 8.42. The number of nitrogens with one attached hydrogen (secondary N) is 2. The molecule has 1 saturated carbocycles. The number of nitrogens with zero attached hydrogens (tertiary/aromatic N) is 3. The highest BCUT2D eigenvalue weighted by Gasteiger charge is 2.24. The highest BCUT2D eigenvalue weighted by atomic mass is 16.4. The summed E-state index contributed by atoms with van der Waals surface area (Å²) in [5.74, 6) is -0.427. The number of hydrogen-bond acceptors (Lipinski definition) is 5. The fourth-order valence-corrected chi connectivity index (χ4v) is 5.35. The van der Waals surface area contributed by atoms with Crippen LogP contribution in [0.25, 0.3) is 21.8 Å². The lowest BCUT2D eigenvalue weighted by Crippen LogP contribution is -2.35. The van der Waals surface area contributed by atoms with E-state index < -0.39 is 5.97 Å². The number of carboxylic acid groups (broad SMARTS) is 1. The summed E-state index contributed by atoms with van der Waals surface area (Å²) in [6, 6.07) is 15.7. The average molecular weight is 468 g/mol. The van der Waals surface area contributed by atoms with Crippen molar-refractivity contribution in [2.75, 3.05) is 18.4 Å². The first kappa shape index (κ1) is 22.9. The minimum absolute atomic E-state index is 0.259. The molecule has 2 aromatic heterocycles. The van der Waals surface area contributed by atoms with Gasteiger partial charge in [0.05, 0.1) is 28.4 Å². The lowest BCUT2D eigenvalue weighted by Gasteiger charge is -2.29. The van der Waals surface area contributed by atoms with Gasteiger partial charge in [0, 0.05) is 54.9 Å². The van der Waals surface area contributed by atoms with Crippen molar-refractivity contribution < 1.29 is 9.90 Å². The molecule has 3 N–H and O–H groups in total. The second kappa shape index (κ2) is 9.77. The van der Waals surface area contributed by atoms with E-state index in [2.05, 4.69) is 39.5 Å². The summed E-state index contributed by atoms with van der Waals surface area (Å²) in [5, 5.41) is 27.8. The highest BCUT2D eigenvalue weighted by Crippen LogP contribution is 2.37. The summed E-state index contributed by atoms with van der Waals surface area (Å²) in [4.78, 5) is 15.9. The Labute approximate surface area is 204 Å². The maximum Gasteiger partial charge on any atom is 0.335 e. The Morgan fingerprint density at radius 3 is 2.77 bits per heavy atom. The van der Waals surface area contributed by atoms with Gasteiger partial charge < -0.3 is 20.3 Å². The van der Waals surface area contributed by atoms with E-state index in [4.69, 9.17) is 0 Å². The van der Waals surface area contributed by atoms with Gasteiger partial charge >= 0.3 is 5.97 Å². The van der Waals surface area contributed by atoms with Gasteiger partial charge in [-0.2, -0.15) is 5.26 Å². The molecule has 2 heterocycles. The van der Waals surface area contributed by atoms with Crippen LogP contribution in [0, 0.1) is 11.3 Å². The summed E-state index contributed by atoms with van der Waals surface area (Å²) in [7, 11) is 2.07. The van der Waals surface area contributed by atoms with Crippen LogP contribution in [0.3, 0.4) is 0 Å². The molecule has 0 spiro atoms. The summed E-state index contributed by atoms with van der Waals surface area (Å²) >= 11 is 0. The molecule has 0 aliphatic heterocycles. The van der Waals surface area contributed by atoms with Gasteiger partial charge in [-0.25, -0.2) is 4.79 Å². The Morgan fingerprint density at radius 2 is 2.00 bits per heavy atom. The van der Waals surface area contributed by atoms with Gasteiger partial charge in [-0.15, -0.1) is 0 Å². The van der Waals surface area contributed by atoms with Crippen LogP contribution < -0.4 is 10.6 Å². The largest absolute Gasteiger partial charge is 0.478 e.